The molecule has 0 radical (unpaired) electrons. The number of nitrogens with one attached hydrogen (secondary N) is 1. The van der Waals surface area contributed by atoms with Crippen LogP contribution in [-0.4, -0.2) is 40.6 Å². The van der Waals surface area contributed by atoms with Crippen LogP contribution in [0.3, 0.4) is 0 Å². The van der Waals surface area contributed by atoms with E-state index >= 15 is 0 Å². The molecule has 0 saturated heterocycles. The molecule has 0 fully saturated rings. The van der Waals surface area contributed by atoms with Crippen LogP contribution in [-0.2, 0) is 14.3 Å². The van der Waals surface area contributed by atoms with Gasteiger partial charge in [0, 0.05) is 27.4 Å². The molecule has 0 aliphatic carbocycles. The Bertz CT molecular complexity index is 70.7. The van der Waals surface area contributed by atoms with Gasteiger partial charge in [0.25, 0.3) is 0 Å². The summed E-state index contributed by atoms with van der Waals surface area (Å²) < 4.78 is 9.70. The Balaban J connectivity index is 2.73. The van der Waals surface area contributed by atoms with Crippen molar-refractivity contribution in [3.05, 3.63) is 0 Å². The quantitative estimate of drug-likeness (QED) is 0.413. The molecule has 0 aliphatic heterocycles. The second kappa shape index (κ2) is 10.8. The number of methoxy groups -OCH3 is 2. The average molecular weight is 177 g/mol. The van der Waals surface area contributed by atoms with Crippen molar-refractivity contribution in [1.29, 1.82) is 0 Å². The van der Waals surface area contributed by atoms with Gasteiger partial charge in [-0.1, -0.05) is 0 Å². The van der Waals surface area contributed by atoms with Crippen LogP contribution in [0.1, 0.15) is 12.8 Å². The van der Waals surface area contributed by atoms with Crippen molar-refractivity contribution in [3.8, 4) is 0 Å². The lowest BCUT2D eigenvalue weighted by Gasteiger charge is -2.04. The Morgan fingerprint density at radius 1 is 0.917 bits per heavy atom. The summed E-state index contributed by atoms with van der Waals surface area (Å²) in [6, 6.07) is 0. The van der Waals surface area contributed by atoms with Gasteiger partial charge in [0.05, 0.1) is 13.2 Å². The zero-order chi connectivity index (χ0) is 9.07. The van der Waals surface area contributed by atoms with E-state index in [2.05, 4.69) is 5.48 Å². The number of unbranched alkanes of at least 4 members (excludes halogenated alkanes) is 1. The van der Waals surface area contributed by atoms with Crippen molar-refractivity contribution < 1.29 is 14.3 Å². The molecule has 0 aromatic heterocycles. The van der Waals surface area contributed by atoms with Crippen LogP contribution in [0.15, 0.2) is 0 Å². The molecule has 0 amide bonds. The SMILES string of the molecule is COCCCCNOCCOC. The molecule has 0 spiro atoms. The van der Waals surface area contributed by atoms with Crippen LogP contribution in [0.4, 0.5) is 0 Å². The second-order valence-corrected chi connectivity index (χ2v) is 2.44. The maximum Gasteiger partial charge on any atom is 0.0915 e. The number of hydroxylamine groups is 1. The monoisotopic (exact) mass is 177 g/mol. The predicted molar refractivity (Wildman–Crippen MR) is 46.9 cm³/mol. The standard InChI is InChI=1S/C8H19NO3/c1-10-6-4-3-5-9-12-8-7-11-2/h9H,3-8H2,1-2H3. The Morgan fingerprint density at radius 2 is 1.67 bits per heavy atom. The molecule has 0 heterocycles. The van der Waals surface area contributed by atoms with Crippen LogP contribution in [0.25, 0.3) is 0 Å². The summed E-state index contributed by atoms with van der Waals surface area (Å²) in [6.45, 7) is 2.92. The summed E-state index contributed by atoms with van der Waals surface area (Å²) in [4.78, 5) is 5.04. The molecule has 0 bridgehead atoms. The minimum absolute atomic E-state index is 0.598. The highest BCUT2D eigenvalue weighted by Gasteiger charge is 1.88. The third-order valence-electron chi connectivity index (χ3n) is 1.37. The van der Waals surface area contributed by atoms with Crippen molar-refractivity contribution in [2.45, 2.75) is 12.8 Å². The van der Waals surface area contributed by atoms with Gasteiger partial charge in [-0.2, -0.15) is 0 Å². The molecule has 0 rings (SSSR count). The van der Waals surface area contributed by atoms with E-state index in [0.29, 0.717) is 13.2 Å². The van der Waals surface area contributed by atoms with Crippen LogP contribution in [0.2, 0.25) is 0 Å². The predicted octanol–water partition coefficient (Wildman–Crippen LogP) is 0.581. The minimum atomic E-state index is 0.598. The van der Waals surface area contributed by atoms with E-state index in [1.807, 2.05) is 0 Å². The Labute approximate surface area is 74.1 Å². The molecule has 0 aromatic rings. The van der Waals surface area contributed by atoms with Crippen molar-refractivity contribution >= 4 is 0 Å². The molecule has 0 atom stereocenters. The van der Waals surface area contributed by atoms with E-state index in [0.717, 1.165) is 26.0 Å². The smallest absolute Gasteiger partial charge is 0.0915 e. The van der Waals surface area contributed by atoms with Crippen LogP contribution >= 0.6 is 0 Å². The fourth-order valence-electron chi connectivity index (χ4n) is 0.713. The molecule has 0 aliphatic rings. The minimum Gasteiger partial charge on any atom is -0.385 e. The molecule has 1 N–H and O–H groups in total. The van der Waals surface area contributed by atoms with E-state index in [1.165, 1.54) is 0 Å². The molecule has 4 heteroatoms. The Hall–Kier alpha value is -0.160. The summed E-state index contributed by atoms with van der Waals surface area (Å²) in [6.07, 6.45) is 2.14. The van der Waals surface area contributed by atoms with Gasteiger partial charge >= 0.3 is 0 Å². The van der Waals surface area contributed by atoms with Gasteiger partial charge in [0.15, 0.2) is 0 Å². The first-order chi connectivity index (χ1) is 5.91. The van der Waals surface area contributed by atoms with Crippen LogP contribution < -0.4 is 5.48 Å². The first kappa shape index (κ1) is 11.8. The number of hydrogen-bond acceptors (Lipinski definition) is 4. The fourth-order valence-corrected chi connectivity index (χ4v) is 0.713. The van der Waals surface area contributed by atoms with Gasteiger partial charge < -0.3 is 9.47 Å². The average Bonchev–Trinajstić information content (AvgIpc) is 2.10. The number of ether oxygens (including phenoxy) is 2. The summed E-state index contributed by atoms with van der Waals surface area (Å²) in [5, 5.41) is 0. The molecule has 0 saturated carbocycles. The van der Waals surface area contributed by atoms with E-state index in [-0.39, 0.29) is 0 Å². The van der Waals surface area contributed by atoms with Crippen molar-refractivity contribution in [3.63, 3.8) is 0 Å². The highest BCUT2D eigenvalue weighted by Crippen LogP contribution is 1.86. The maximum atomic E-state index is 5.04. The molecule has 0 unspecified atom stereocenters. The summed E-state index contributed by atoms with van der Waals surface area (Å²) in [7, 11) is 3.37. The fraction of sp³-hybridized carbons (Fsp3) is 1.00. The first-order valence-electron chi connectivity index (χ1n) is 4.24. The molecule has 0 aromatic carbocycles. The molecular formula is C8H19NO3. The van der Waals surface area contributed by atoms with Gasteiger partial charge in [-0.05, 0) is 12.8 Å². The van der Waals surface area contributed by atoms with Crippen LogP contribution in [0.5, 0.6) is 0 Å². The van der Waals surface area contributed by atoms with Crippen molar-refractivity contribution in [1.82, 2.24) is 5.48 Å². The number of hydrogen-bond donors (Lipinski definition) is 1. The zero-order valence-corrected chi connectivity index (χ0v) is 7.97. The highest BCUT2D eigenvalue weighted by atomic mass is 16.7. The third kappa shape index (κ3) is 9.84. The highest BCUT2D eigenvalue weighted by molar-refractivity contribution is 4.39. The second-order valence-electron chi connectivity index (χ2n) is 2.44. The van der Waals surface area contributed by atoms with Gasteiger partial charge in [0.1, 0.15) is 0 Å². The van der Waals surface area contributed by atoms with Crippen molar-refractivity contribution in [2.75, 3.05) is 40.6 Å². The molecule has 4 nitrogen and oxygen atoms in total. The van der Waals surface area contributed by atoms with E-state index in [4.69, 9.17) is 14.3 Å². The maximum absolute atomic E-state index is 5.04. The first-order valence-corrected chi connectivity index (χ1v) is 4.24. The zero-order valence-electron chi connectivity index (χ0n) is 7.97. The van der Waals surface area contributed by atoms with E-state index < -0.39 is 0 Å². The van der Waals surface area contributed by atoms with Crippen molar-refractivity contribution in [2.24, 2.45) is 0 Å². The lowest BCUT2D eigenvalue weighted by Crippen LogP contribution is -2.19. The topological polar surface area (TPSA) is 39.7 Å². The lowest BCUT2D eigenvalue weighted by molar-refractivity contribution is 0.00588. The Morgan fingerprint density at radius 3 is 2.33 bits per heavy atom. The summed E-state index contributed by atoms with van der Waals surface area (Å²) in [5.74, 6) is 0. The van der Waals surface area contributed by atoms with Gasteiger partial charge in [-0.3, -0.25) is 4.84 Å². The number of rotatable bonds is 9. The van der Waals surface area contributed by atoms with Gasteiger partial charge in [-0.25, -0.2) is 5.48 Å². The van der Waals surface area contributed by atoms with E-state index in [1.54, 1.807) is 14.2 Å². The Kier molecular flexibility index (Phi) is 10.7. The molecule has 74 valence electrons. The largest absolute Gasteiger partial charge is 0.385 e. The van der Waals surface area contributed by atoms with Crippen LogP contribution in [0, 0.1) is 0 Å². The molecule has 12 heavy (non-hydrogen) atoms. The normalized spacial score (nSPS) is 10.5. The van der Waals surface area contributed by atoms with E-state index in [9.17, 15) is 0 Å². The third-order valence-corrected chi connectivity index (χ3v) is 1.37. The molecular weight excluding hydrogens is 158 g/mol. The summed E-state index contributed by atoms with van der Waals surface area (Å²) >= 11 is 0. The summed E-state index contributed by atoms with van der Waals surface area (Å²) in [5.41, 5.74) is 2.84. The lowest BCUT2D eigenvalue weighted by atomic mass is 10.3. The van der Waals surface area contributed by atoms with Gasteiger partial charge in [-0.15, -0.1) is 0 Å². The van der Waals surface area contributed by atoms with Gasteiger partial charge in [0.2, 0.25) is 0 Å².